The van der Waals surface area contributed by atoms with Gasteiger partial charge in [0.05, 0.1) is 23.6 Å². The lowest BCUT2D eigenvalue weighted by Crippen LogP contribution is -2.16. The maximum atomic E-state index is 13.3. The Labute approximate surface area is 195 Å². The lowest BCUT2D eigenvalue weighted by Gasteiger charge is -2.13. The van der Waals surface area contributed by atoms with Gasteiger partial charge in [-0.15, -0.1) is 0 Å². The van der Waals surface area contributed by atoms with E-state index < -0.39 is 30.0 Å². The van der Waals surface area contributed by atoms with E-state index in [4.69, 9.17) is 4.74 Å². The summed E-state index contributed by atoms with van der Waals surface area (Å²) in [4.78, 5) is 20.7. The number of aromatic nitrogens is 4. The minimum absolute atomic E-state index is 0.0432. The number of phenols is 1. The number of nitrogens with one attached hydrogen (secondary N) is 1. The van der Waals surface area contributed by atoms with E-state index in [2.05, 4.69) is 25.0 Å². The number of halogens is 3. The molecule has 13 heteroatoms. The van der Waals surface area contributed by atoms with E-state index in [1.165, 1.54) is 41.2 Å². The van der Waals surface area contributed by atoms with Gasteiger partial charge in [0.15, 0.2) is 17.2 Å². The molecule has 5 rings (SSSR count). The first kappa shape index (κ1) is 22.7. The van der Waals surface area contributed by atoms with Gasteiger partial charge in [0.2, 0.25) is 0 Å². The van der Waals surface area contributed by atoms with Gasteiger partial charge < -0.3 is 24.8 Å². The number of hydrogen-bond donors (Lipinski definition) is 3. The Morgan fingerprint density at radius 1 is 1.26 bits per heavy atom. The summed E-state index contributed by atoms with van der Waals surface area (Å²) in [6.45, 7) is 0. The highest BCUT2D eigenvalue weighted by atomic mass is 19.4. The van der Waals surface area contributed by atoms with E-state index in [0.29, 0.717) is 24.9 Å². The van der Waals surface area contributed by atoms with Crippen molar-refractivity contribution in [2.75, 3.05) is 5.32 Å². The number of phenolic OH excluding ortho intramolecular Hbond substituents is 1. The fourth-order valence-corrected chi connectivity index (χ4v) is 3.99. The van der Waals surface area contributed by atoms with Crippen molar-refractivity contribution < 1.29 is 37.4 Å². The summed E-state index contributed by atoms with van der Waals surface area (Å²) in [6, 6.07) is 4.17. The van der Waals surface area contributed by atoms with Gasteiger partial charge in [0.1, 0.15) is 23.7 Å². The third-order valence-electron chi connectivity index (χ3n) is 5.65. The second-order valence-electron chi connectivity index (χ2n) is 8.04. The molecule has 3 aromatic heterocycles. The molecule has 2 atom stereocenters. The predicted octanol–water partition coefficient (Wildman–Crippen LogP) is 3.92. The Kier molecular flexibility index (Phi) is 5.55. The molecular formula is C22H18F3N5O5. The normalized spacial score (nSPS) is 18.2. The average Bonchev–Trinajstić information content (AvgIpc) is 3.53. The van der Waals surface area contributed by atoms with E-state index in [1.807, 2.05) is 0 Å². The molecule has 4 aromatic rings. The average molecular weight is 489 g/mol. The zero-order valence-corrected chi connectivity index (χ0v) is 17.9. The van der Waals surface area contributed by atoms with Gasteiger partial charge in [-0.05, 0) is 25.0 Å². The van der Waals surface area contributed by atoms with Crippen LogP contribution in [0.4, 0.5) is 24.7 Å². The summed E-state index contributed by atoms with van der Waals surface area (Å²) in [7, 11) is 0. The van der Waals surface area contributed by atoms with Gasteiger partial charge in [-0.2, -0.15) is 13.2 Å². The zero-order chi connectivity index (χ0) is 24.7. The van der Waals surface area contributed by atoms with Gasteiger partial charge in [0.25, 0.3) is 0 Å². The van der Waals surface area contributed by atoms with Gasteiger partial charge in [-0.25, -0.2) is 14.8 Å². The molecule has 1 aliphatic rings. The van der Waals surface area contributed by atoms with Crippen molar-refractivity contribution >= 4 is 23.1 Å². The number of carbonyl (C=O) groups excluding carboxylic acids is 1. The Balaban J connectivity index is 1.39. The van der Waals surface area contributed by atoms with Crippen molar-refractivity contribution in [1.82, 2.24) is 19.5 Å². The number of alkyl halides is 3. The van der Waals surface area contributed by atoms with Crippen LogP contribution in [0, 0.1) is 0 Å². The number of rotatable bonds is 5. The van der Waals surface area contributed by atoms with Gasteiger partial charge in [-0.3, -0.25) is 4.40 Å². The number of benzene rings is 1. The topological polar surface area (TPSA) is 135 Å². The molecule has 0 bridgehead atoms. The van der Waals surface area contributed by atoms with E-state index in [9.17, 15) is 28.2 Å². The SMILES string of the molecule is O=C(OC1CC[C@H](O)C1)c1ccc(Nc2nccn3c(-c4conc4C(F)(F)F)cnc23)cc1O. The van der Waals surface area contributed by atoms with Crippen molar-refractivity contribution in [1.29, 1.82) is 0 Å². The van der Waals surface area contributed by atoms with Crippen LogP contribution in [0.25, 0.3) is 16.9 Å². The Morgan fingerprint density at radius 3 is 2.80 bits per heavy atom. The van der Waals surface area contributed by atoms with E-state index in [0.717, 1.165) is 6.26 Å². The van der Waals surface area contributed by atoms with Crippen LogP contribution in [0.2, 0.25) is 0 Å². The van der Waals surface area contributed by atoms with Gasteiger partial charge in [0, 0.05) is 30.6 Å². The molecule has 0 radical (unpaired) electrons. The quantitative estimate of drug-likeness (QED) is 0.357. The van der Waals surface area contributed by atoms with Crippen LogP contribution in [0.15, 0.2) is 47.6 Å². The number of aliphatic hydroxyl groups is 1. The highest BCUT2D eigenvalue weighted by molar-refractivity contribution is 5.93. The molecule has 0 spiro atoms. The maximum absolute atomic E-state index is 13.3. The third-order valence-corrected chi connectivity index (χ3v) is 5.65. The highest BCUT2D eigenvalue weighted by Gasteiger charge is 2.38. The van der Waals surface area contributed by atoms with Gasteiger partial charge >= 0.3 is 12.1 Å². The summed E-state index contributed by atoms with van der Waals surface area (Å²) >= 11 is 0. The van der Waals surface area contributed by atoms with Crippen molar-refractivity contribution in [2.24, 2.45) is 0 Å². The first-order valence-corrected chi connectivity index (χ1v) is 10.5. The lowest BCUT2D eigenvalue weighted by molar-refractivity contribution is -0.142. The van der Waals surface area contributed by atoms with E-state index in [-0.39, 0.29) is 34.0 Å². The minimum Gasteiger partial charge on any atom is -0.507 e. The van der Waals surface area contributed by atoms with Crippen molar-refractivity contribution in [2.45, 2.75) is 37.6 Å². The Hall–Kier alpha value is -4.13. The number of carbonyl (C=O) groups is 1. The van der Waals surface area contributed by atoms with Gasteiger partial charge in [-0.1, -0.05) is 5.16 Å². The van der Waals surface area contributed by atoms with E-state index in [1.54, 1.807) is 0 Å². The number of anilines is 2. The molecule has 1 saturated carbocycles. The van der Waals surface area contributed by atoms with Crippen LogP contribution in [0.3, 0.4) is 0 Å². The van der Waals surface area contributed by atoms with Crippen molar-refractivity contribution in [3.63, 3.8) is 0 Å². The maximum Gasteiger partial charge on any atom is 0.437 e. The van der Waals surface area contributed by atoms with Crippen LogP contribution in [0.1, 0.15) is 35.3 Å². The fourth-order valence-electron chi connectivity index (χ4n) is 3.99. The zero-order valence-electron chi connectivity index (χ0n) is 17.9. The van der Waals surface area contributed by atoms with Crippen molar-refractivity contribution in [3.8, 4) is 17.0 Å². The highest BCUT2D eigenvalue weighted by Crippen LogP contribution is 2.37. The first-order chi connectivity index (χ1) is 16.7. The minimum atomic E-state index is -4.71. The molecule has 182 valence electrons. The molecule has 3 N–H and O–H groups in total. The summed E-state index contributed by atoms with van der Waals surface area (Å²) in [6.07, 6.45) is 0.763. The number of esters is 1. The predicted molar refractivity (Wildman–Crippen MR) is 114 cm³/mol. The molecule has 0 saturated heterocycles. The van der Waals surface area contributed by atoms with Crippen LogP contribution in [0.5, 0.6) is 5.75 Å². The molecule has 35 heavy (non-hydrogen) atoms. The Morgan fingerprint density at radius 2 is 2.09 bits per heavy atom. The standard InChI is InChI=1S/C22H18F3N5O5/c23-22(24,25)18-15(10-34-29-18)16-9-27-20-19(26-5-6-30(16)20)28-11-1-4-14(17(32)7-11)21(33)35-13-3-2-12(31)8-13/h1,4-7,9-10,12-13,31-32H,2-3,8H2,(H,26,28)/t12-,13?/m0/s1. The lowest BCUT2D eigenvalue weighted by atomic mass is 10.1. The molecule has 1 aliphatic carbocycles. The number of aliphatic hydroxyl groups excluding tert-OH is 1. The molecule has 1 fully saturated rings. The van der Waals surface area contributed by atoms with Crippen LogP contribution < -0.4 is 5.32 Å². The van der Waals surface area contributed by atoms with Crippen LogP contribution >= 0.6 is 0 Å². The van der Waals surface area contributed by atoms with Crippen molar-refractivity contribution in [3.05, 3.63) is 54.3 Å². The number of fused-ring (bicyclic) bond motifs is 1. The smallest absolute Gasteiger partial charge is 0.437 e. The summed E-state index contributed by atoms with van der Waals surface area (Å²) in [5.41, 5.74) is -0.848. The molecule has 0 amide bonds. The third kappa shape index (κ3) is 4.37. The molecule has 3 heterocycles. The monoisotopic (exact) mass is 489 g/mol. The largest absolute Gasteiger partial charge is 0.507 e. The van der Waals surface area contributed by atoms with Crippen LogP contribution in [-0.4, -0.2) is 47.9 Å². The summed E-state index contributed by atoms with van der Waals surface area (Å²) in [5, 5.41) is 25.9. The number of imidazole rings is 1. The summed E-state index contributed by atoms with van der Waals surface area (Å²) in [5.74, 6) is -0.854. The second kappa shape index (κ2) is 8.58. The number of aromatic hydroxyl groups is 1. The molecule has 0 aliphatic heterocycles. The summed E-state index contributed by atoms with van der Waals surface area (Å²) < 4.78 is 51.0. The Bertz CT molecular complexity index is 1400. The molecule has 1 aromatic carbocycles. The molecule has 10 nitrogen and oxygen atoms in total. The molecule has 1 unspecified atom stereocenters. The number of nitrogens with zero attached hydrogens (tertiary/aromatic N) is 4. The first-order valence-electron chi connectivity index (χ1n) is 10.5. The second-order valence-corrected chi connectivity index (χ2v) is 8.04. The number of hydrogen-bond acceptors (Lipinski definition) is 9. The fraction of sp³-hybridized carbons (Fsp3) is 0.273. The van der Waals surface area contributed by atoms with Crippen LogP contribution in [-0.2, 0) is 10.9 Å². The number of ether oxygens (including phenoxy) is 1. The molecular weight excluding hydrogens is 471 g/mol. The van der Waals surface area contributed by atoms with E-state index >= 15 is 0 Å².